The molecule has 0 bridgehead atoms. The lowest BCUT2D eigenvalue weighted by Gasteiger charge is -2.03. The van der Waals surface area contributed by atoms with E-state index in [9.17, 15) is 0 Å². The second kappa shape index (κ2) is 4.75. The van der Waals surface area contributed by atoms with Crippen molar-refractivity contribution in [1.82, 2.24) is 19.9 Å². The lowest BCUT2D eigenvalue weighted by molar-refractivity contribution is 0.923. The SMILES string of the molecule is Cc1ccnc(Sc2ncnc(N)c2Br)n1. The number of aromatic nitrogens is 4. The molecule has 2 N–H and O–H groups in total. The van der Waals surface area contributed by atoms with Crippen LogP contribution in [0.2, 0.25) is 0 Å². The number of anilines is 1. The highest BCUT2D eigenvalue weighted by atomic mass is 79.9. The molecule has 0 atom stereocenters. The van der Waals surface area contributed by atoms with E-state index < -0.39 is 0 Å². The number of nitrogens with zero attached hydrogens (tertiary/aromatic N) is 4. The van der Waals surface area contributed by atoms with Gasteiger partial charge in [0.2, 0.25) is 0 Å². The van der Waals surface area contributed by atoms with E-state index in [0.717, 1.165) is 5.69 Å². The standard InChI is InChI=1S/C9H8BrN5S/c1-5-2-3-12-9(15-5)16-8-6(10)7(11)13-4-14-8/h2-4H,1H3,(H2,11,13,14). The van der Waals surface area contributed by atoms with Crippen LogP contribution in [0.4, 0.5) is 5.82 Å². The quantitative estimate of drug-likeness (QED) is 0.675. The average Bonchev–Trinajstić information content (AvgIpc) is 2.25. The molecular formula is C9H8BrN5S. The Morgan fingerprint density at radius 2 is 2.12 bits per heavy atom. The molecular weight excluding hydrogens is 290 g/mol. The van der Waals surface area contributed by atoms with Crippen molar-refractivity contribution in [2.24, 2.45) is 0 Å². The van der Waals surface area contributed by atoms with E-state index in [1.165, 1.54) is 18.1 Å². The van der Waals surface area contributed by atoms with Crippen LogP contribution in [0.1, 0.15) is 5.69 Å². The minimum absolute atomic E-state index is 0.408. The van der Waals surface area contributed by atoms with E-state index in [1.807, 2.05) is 13.0 Å². The second-order valence-electron chi connectivity index (χ2n) is 2.96. The molecule has 2 aromatic heterocycles. The summed E-state index contributed by atoms with van der Waals surface area (Å²) in [6, 6.07) is 1.84. The molecule has 16 heavy (non-hydrogen) atoms. The fourth-order valence-corrected chi connectivity index (χ4v) is 2.22. The highest BCUT2D eigenvalue weighted by molar-refractivity contribution is 9.10. The van der Waals surface area contributed by atoms with Gasteiger partial charge in [0, 0.05) is 11.9 Å². The largest absolute Gasteiger partial charge is 0.383 e. The summed E-state index contributed by atoms with van der Waals surface area (Å²) in [5, 5.41) is 1.34. The first-order valence-electron chi connectivity index (χ1n) is 4.40. The average molecular weight is 298 g/mol. The molecule has 0 aliphatic rings. The molecule has 82 valence electrons. The predicted molar refractivity (Wildman–Crippen MR) is 65.0 cm³/mol. The smallest absolute Gasteiger partial charge is 0.194 e. The number of aryl methyl sites for hydroxylation is 1. The Morgan fingerprint density at radius 3 is 2.88 bits per heavy atom. The fraction of sp³-hybridized carbons (Fsp3) is 0.111. The van der Waals surface area contributed by atoms with Crippen LogP contribution in [0.3, 0.4) is 0 Å². The van der Waals surface area contributed by atoms with Crippen molar-refractivity contribution < 1.29 is 0 Å². The minimum atomic E-state index is 0.408. The maximum absolute atomic E-state index is 5.65. The Labute approximate surface area is 105 Å². The Hall–Kier alpha value is -1.21. The molecule has 2 rings (SSSR count). The molecule has 0 unspecified atom stereocenters. The molecule has 0 saturated carbocycles. The van der Waals surface area contributed by atoms with Crippen molar-refractivity contribution in [2.75, 3.05) is 5.73 Å². The zero-order valence-corrected chi connectivity index (χ0v) is 10.8. The van der Waals surface area contributed by atoms with E-state index in [1.54, 1.807) is 6.20 Å². The Kier molecular flexibility index (Phi) is 3.35. The molecule has 0 aliphatic carbocycles. The maximum Gasteiger partial charge on any atom is 0.194 e. The van der Waals surface area contributed by atoms with Gasteiger partial charge in [-0.3, -0.25) is 0 Å². The molecule has 0 saturated heterocycles. The van der Waals surface area contributed by atoms with Crippen molar-refractivity contribution in [3.8, 4) is 0 Å². The van der Waals surface area contributed by atoms with Crippen molar-refractivity contribution in [3.63, 3.8) is 0 Å². The summed E-state index contributed by atoms with van der Waals surface area (Å²) < 4.78 is 0.671. The van der Waals surface area contributed by atoms with Gasteiger partial charge in [-0.1, -0.05) is 0 Å². The molecule has 0 fully saturated rings. The van der Waals surface area contributed by atoms with Gasteiger partial charge in [0.15, 0.2) is 5.16 Å². The molecule has 0 amide bonds. The first kappa shape index (κ1) is 11.3. The predicted octanol–water partition coefficient (Wildman–Crippen LogP) is 2.07. The fourth-order valence-electron chi connectivity index (χ4n) is 0.999. The Bertz CT molecular complexity index is 519. The molecule has 0 aliphatic heterocycles. The van der Waals surface area contributed by atoms with E-state index in [4.69, 9.17) is 5.73 Å². The van der Waals surface area contributed by atoms with Crippen molar-refractivity contribution in [2.45, 2.75) is 17.1 Å². The summed E-state index contributed by atoms with van der Waals surface area (Å²) in [5.74, 6) is 0.408. The highest BCUT2D eigenvalue weighted by Crippen LogP contribution is 2.31. The van der Waals surface area contributed by atoms with Gasteiger partial charge >= 0.3 is 0 Å². The number of rotatable bonds is 2. The summed E-state index contributed by atoms with van der Waals surface area (Å²) in [6.07, 6.45) is 3.13. The van der Waals surface area contributed by atoms with Crippen molar-refractivity contribution in [1.29, 1.82) is 0 Å². The zero-order valence-electron chi connectivity index (χ0n) is 8.38. The number of hydrogen-bond acceptors (Lipinski definition) is 6. The molecule has 0 spiro atoms. The van der Waals surface area contributed by atoms with Gasteiger partial charge < -0.3 is 5.73 Å². The van der Waals surface area contributed by atoms with Crippen molar-refractivity contribution >= 4 is 33.5 Å². The number of nitrogen functional groups attached to an aromatic ring is 1. The highest BCUT2D eigenvalue weighted by Gasteiger charge is 2.09. The first-order chi connectivity index (χ1) is 7.66. The molecule has 5 nitrogen and oxygen atoms in total. The monoisotopic (exact) mass is 297 g/mol. The second-order valence-corrected chi connectivity index (χ2v) is 4.71. The third kappa shape index (κ3) is 2.48. The normalized spacial score (nSPS) is 10.4. The summed E-state index contributed by atoms with van der Waals surface area (Å²) >= 11 is 4.67. The van der Waals surface area contributed by atoms with E-state index in [0.29, 0.717) is 20.5 Å². The van der Waals surface area contributed by atoms with Gasteiger partial charge in [0.1, 0.15) is 17.2 Å². The van der Waals surface area contributed by atoms with Crippen LogP contribution in [-0.2, 0) is 0 Å². The number of nitrogens with two attached hydrogens (primary N) is 1. The van der Waals surface area contributed by atoms with E-state index in [-0.39, 0.29) is 0 Å². The van der Waals surface area contributed by atoms with Gasteiger partial charge in [0.25, 0.3) is 0 Å². The van der Waals surface area contributed by atoms with Gasteiger partial charge in [-0.25, -0.2) is 19.9 Å². The van der Waals surface area contributed by atoms with E-state index in [2.05, 4.69) is 35.9 Å². The maximum atomic E-state index is 5.65. The zero-order chi connectivity index (χ0) is 11.5. The van der Waals surface area contributed by atoms with Gasteiger partial charge in [-0.15, -0.1) is 0 Å². The lowest BCUT2D eigenvalue weighted by Crippen LogP contribution is -1.96. The number of halogens is 1. The summed E-state index contributed by atoms with van der Waals surface area (Å²) in [5.41, 5.74) is 6.56. The van der Waals surface area contributed by atoms with Crippen LogP contribution in [0.25, 0.3) is 0 Å². The third-order valence-corrected chi connectivity index (χ3v) is 3.67. The molecule has 2 heterocycles. The molecule has 0 radical (unpaired) electrons. The van der Waals surface area contributed by atoms with Crippen LogP contribution in [-0.4, -0.2) is 19.9 Å². The van der Waals surface area contributed by atoms with E-state index >= 15 is 0 Å². The first-order valence-corrected chi connectivity index (χ1v) is 6.01. The summed E-state index contributed by atoms with van der Waals surface area (Å²) in [6.45, 7) is 1.91. The lowest BCUT2D eigenvalue weighted by atomic mass is 10.5. The van der Waals surface area contributed by atoms with Crippen LogP contribution in [0.15, 0.2) is 33.2 Å². The Balaban J connectivity index is 2.31. The molecule has 0 aromatic carbocycles. The third-order valence-electron chi connectivity index (χ3n) is 1.75. The number of hydrogen-bond donors (Lipinski definition) is 1. The van der Waals surface area contributed by atoms with Crippen LogP contribution in [0.5, 0.6) is 0 Å². The molecule has 7 heteroatoms. The summed E-state index contributed by atoms with van der Waals surface area (Å²) in [4.78, 5) is 16.4. The van der Waals surface area contributed by atoms with Crippen LogP contribution >= 0.6 is 27.7 Å². The van der Waals surface area contributed by atoms with Crippen LogP contribution in [0, 0.1) is 6.92 Å². The van der Waals surface area contributed by atoms with Gasteiger partial charge in [-0.2, -0.15) is 0 Å². The topological polar surface area (TPSA) is 77.6 Å². The molecule has 2 aromatic rings. The van der Waals surface area contributed by atoms with Gasteiger partial charge in [0.05, 0.1) is 4.47 Å². The van der Waals surface area contributed by atoms with Crippen LogP contribution < -0.4 is 5.73 Å². The van der Waals surface area contributed by atoms with Gasteiger partial charge in [-0.05, 0) is 40.7 Å². The minimum Gasteiger partial charge on any atom is -0.383 e. The Morgan fingerprint density at radius 1 is 1.31 bits per heavy atom. The van der Waals surface area contributed by atoms with Crippen molar-refractivity contribution in [3.05, 3.63) is 28.8 Å². The summed E-state index contributed by atoms with van der Waals surface area (Å²) in [7, 11) is 0.